The first-order valence-electron chi connectivity index (χ1n) is 19.3. The van der Waals surface area contributed by atoms with Crippen LogP contribution in [0.2, 0.25) is 0 Å². The van der Waals surface area contributed by atoms with Gasteiger partial charge in [-0.25, -0.2) is 0 Å². The van der Waals surface area contributed by atoms with Crippen molar-refractivity contribution in [1.82, 2.24) is 4.90 Å². The van der Waals surface area contributed by atoms with Crippen molar-refractivity contribution in [2.24, 2.45) is 23.2 Å². The van der Waals surface area contributed by atoms with E-state index in [1.54, 1.807) is 0 Å². The summed E-state index contributed by atoms with van der Waals surface area (Å²) in [6.45, 7) is 4.55. The Morgan fingerprint density at radius 3 is 2.34 bits per heavy atom. The van der Waals surface area contributed by atoms with Gasteiger partial charge in [-0.05, 0) is 130 Å². The van der Waals surface area contributed by atoms with Crippen LogP contribution in [0.3, 0.4) is 0 Å². The summed E-state index contributed by atoms with van der Waals surface area (Å²) >= 11 is 0. The number of aliphatic hydroxyl groups excluding tert-OH is 1. The van der Waals surface area contributed by atoms with Gasteiger partial charge >= 0.3 is 18.1 Å². The summed E-state index contributed by atoms with van der Waals surface area (Å²) < 4.78 is 80.9. The minimum absolute atomic E-state index is 0.0152. The third kappa shape index (κ3) is 9.88. The zero-order valence-corrected chi connectivity index (χ0v) is 30.6. The molecule has 1 aliphatic heterocycles. The van der Waals surface area contributed by atoms with E-state index in [2.05, 4.69) is 24.0 Å². The number of piperidine rings is 1. The molecule has 7 atom stereocenters. The number of hydrogen-bond donors (Lipinski definition) is 1. The van der Waals surface area contributed by atoms with Crippen molar-refractivity contribution in [1.29, 1.82) is 0 Å². The maximum atomic E-state index is 13.0. The Morgan fingerprint density at radius 2 is 1.62 bits per heavy atom. The molecule has 11 heteroatoms. The van der Waals surface area contributed by atoms with E-state index in [4.69, 9.17) is 4.74 Å². The lowest BCUT2D eigenvalue weighted by Gasteiger charge is -2.53. The van der Waals surface area contributed by atoms with E-state index < -0.39 is 35.7 Å². The second-order valence-corrected chi connectivity index (χ2v) is 17.7. The summed E-state index contributed by atoms with van der Waals surface area (Å²) in [5, 5.41) is 11.0. The predicted octanol–water partition coefficient (Wildman–Crippen LogP) is 9.37. The van der Waals surface area contributed by atoms with Crippen LogP contribution in [0.25, 0.3) is 0 Å². The van der Waals surface area contributed by atoms with Gasteiger partial charge in [-0.1, -0.05) is 57.9 Å². The molecular weight excluding hydrogens is 673 g/mol. The Balaban J connectivity index is 1.07. The van der Waals surface area contributed by atoms with Crippen LogP contribution >= 0.6 is 0 Å². The van der Waals surface area contributed by atoms with E-state index in [1.807, 2.05) is 6.07 Å². The molecule has 1 aromatic carbocycles. The largest absolute Gasteiger partial charge is 0.453 e. The number of rotatable bonds is 17. The Kier molecular flexibility index (Phi) is 13.9. The second kappa shape index (κ2) is 17.5. The van der Waals surface area contributed by atoms with Crippen molar-refractivity contribution in [3.63, 3.8) is 0 Å². The standard InChI is InChI=1S/C39H58F5NO4S/c1-37-20-18-32-31-15-14-30(49-35(47)27-45-21-9-7-10-22-45)26-29(31)25-28(36(32)33(37)16-17-34(37)46)13-8-5-3-2-4-6-11-23-50(48)24-12-19-38(40,41)39(42,43)44/h14-15,26,28,32-34,36,46H,2-13,16-25,27H2,1H3. The van der Waals surface area contributed by atoms with Crippen LogP contribution in [0.15, 0.2) is 18.2 Å². The molecule has 7 unspecified atom stereocenters. The molecule has 0 radical (unpaired) electrons. The van der Waals surface area contributed by atoms with Gasteiger partial charge < -0.3 is 9.84 Å². The van der Waals surface area contributed by atoms with Gasteiger partial charge in [0.05, 0.1) is 12.6 Å². The summed E-state index contributed by atoms with van der Waals surface area (Å²) in [6.07, 6.45) is 9.17. The number of unbranched alkanes of at least 4 members (excludes halogenated alkanes) is 6. The van der Waals surface area contributed by atoms with E-state index in [9.17, 15) is 36.1 Å². The van der Waals surface area contributed by atoms with Crippen LogP contribution in [0.5, 0.6) is 5.75 Å². The van der Waals surface area contributed by atoms with Gasteiger partial charge in [-0.3, -0.25) is 13.9 Å². The molecule has 5 nitrogen and oxygen atoms in total. The smallest absolute Gasteiger partial charge is 0.426 e. The molecule has 3 fully saturated rings. The van der Waals surface area contributed by atoms with E-state index in [1.165, 1.54) is 17.5 Å². The van der Waals surface area contributed by atoms with Gasteiger partial charge in [-0.15, -0.1) is 0 Å². The summed E-state index contributed by atoms with van der Waals surface area (Å²) in [7, 11) is -1.37. The fraction of sp³-hybridized carbons (Fsp3) is 0.821. The van der Waals surface area contributed by atoms with Crippen molar-refractivity contribution in [3.8, 4) is 5.75 Å². The average Bonchev–Trinajstić information content (AvgIpc) is 3.37. The number of aliphatic hydroxyl groups is 1. The van der Waals surface area contributed by atoms with Crippen LogP contribution in [0.1, 0.15) is 133 Å². The summed E-state index contributed by atoms with van der Waals surface area (Å²) in [4.78, 5) is 15.0. The number of hydrogen-bond acceptors (Lipinski definition) is 5. The van der Waals surface area contributed by atoms with Crippen molar-refractivity contribution in [2.45, 2.75) is 147 Å². The maximum Gasteiger partial charge on any atom is 0.453 e. The summed E-state index contributed by atoms with van der Waals surface area (Å²) in [6, 6.07) is 6.32. The van der Waals surface area contributed by atoms with Crippen LogP contribution in [-0.4, -0.2) is 69.5 Å². The first-order valence-corrected chi connectivity index (χ1v) is 20.8. The highest BCUT2D eigenvalue weighted by Crippen LogP contribution is 2.62. The average molecular weight is 732 g/mol. The molecule has 0 aromatic heterocycles. The SMILES string of the molecule is CC12CCC3c4ccc(OC(=O)CN5CCCCC5)cc4CC(CCCCCCCCCS(=O)CCCC(F)(F)C(F)(F)F)C3C1CCC2O. The van der Waals surface area contributed by atoms with Gasteiger partial charge in [0, 0.05) is 28.7 Å². The number of nitrogens with zero attached hydrogens (tertiary/aromatic N) is 1. The molecule has 0 amide bonds. The zero-order chi connectivity index (χ0) is 35.9. The van der Waals surface area contributed by atoms with Gasteiger partial charge in [0.15, 0.2) is 0 Å². The number of alkyl halides is 5. The molecule has 2 saturated carbocycles. The number of likely N-dealkylation sites (tertiary alicyclic amines) is 1. The minimum atomic E-state index is -5.55. The third-order valence-corrected chi connectivity index (χ3v) is 14.1. The van der Waals surface area contributed by atoms with Crippen molar-refractivity contribution in [3.05, 3.63) is 29.3 Å². The van der Waals surface area contributed by atoms with Gasteiger partial charge in [0.2, 0.25) is 0 Å². The molecule has 1 heterocycles. The number of fused-ring (bicyclic) bond motifs is 5. The summed E-state index contributed by atoms with van der Waals surface area (Å²) in [5.74, 6) is -1.99. The first-order chi connectivity index (χ1) is 23.8. The molecule has 4 aliphatic rings. The number of ether oxygens (including phenoxy) is 1. The Bertz CT molecular complexity index is 1290. The van der Waals surface area contributed by atoms with E-state index in [-0.39, 0.29) is 23.2 Å². The normalized spacial score (nSPS) is 29.2. The van der Waals surface area contributed by atoms with Crippen LogP contribution < -0.4 is 4.74 Å². The predicted molar refractivity (Wildman–Crippen MR) is 187 cm³/mol. The number of esters is 1. The lowest BCUT2D eigenvalue weighted by molar-refractivity contribution is -0.284. The molecular formula is C39H58F5NO4S. The van der Waals surface area contributed by atoms with E-state index >= 15 is 0 Å². The lowest BCUT2D eigenvalue weighted by Crippen LogP contribution is -2.47. The molecule has 3 aliphatic carbocycles. The van der Waals surface area contributed by atoms with Crippen molar-refractivity contribution < 1.29 is 40.8 Å². The molecule has 0 bridgehead atoms. The van der Waals surface area contributed by atoms with Crippen molar-refractivity contribution in [2.75, 3.05) is 31.1 Å². The van der Waals surface area contributed by atoms with Crippen LogP contribution in [-0.2, 0) is 22.0 Å². The van der Waals surface area contributed by atoms with Crippen LogP contribution in [0.4, 0.5) is 22.0 Å². The van der Waals surface area contributed by atoms with Gasteiger partial charge in [0.25, 0.3) is 0 Å². The maximum absolute atomic E-state index is 13.0. The van der Waals surface area contributed by atoms with E-state index in [0.717, 1.165) is 103 Å². The van der Waals surface area contributed by atoms with Gasteiger partial charge in [-0.2, -0.15) is 22.0 Å². The summed E-state index contributed by atoms with van der Waals surface area (Å²) in [5.41, 5.74) is 2.71. The quantitative estimate of drug-likeness (QED) is 0.0749. The fourth-order valence-electron chi connectivity index (χ4n) is 9.80. The minimum Gasteiger partial charge on any atom is -0.426 e. The highest BCUT2D eigenvalue weighted by Gasteiger charge is 2.57. The molecule has 5 rings (SSSR count). The monoisotopic (exact) mass is 731 g/mol. The molecule has 0 spiro atoms. The third-order valence-electron chi connectivity index (χ3n) is 12.6. The number of benzene rings is 1. The number of halogens is 5. The number of carbonyl (C=O) groups is 1. The molecule has 1 saturated heterocycles. The van der Waals surface area contributed by atoms with Crippen LogP contribution in [0, 0.1) is 23.2 Å². The number of carbonyl (C=O) groups excluding carboxylic acids is 1. The molecule has 50 heavy (non-hydrogen) atoms. The molecule has 1 N–H and O–H groups in total. The van der Waals surface area contributed by atoms with E-state index in [0.29, 0.717) is 48.1 Å². The first kappa shape index (κ1) is 39.6. The Morgan fingerprint density at radius 1 is 0.940 bits per heavy atom. The second-order valence-electron chi connectivity index (χ2n) is 16.0. The Hall–Kier alpha value is -1.59. The Labute approximate surface area is 297 Å². The zero-order valence-electron chi connectivity index (χ0n) is 29.8. The fourth-order valence-corrected chi connectivity index (χ4v) is 11.0. The molecule has 1 aromatic rings. The lowest BCUT2D eigenvalue weighted by atomic mass is 9.52. The topological polar surface area (TPSA) is 66.8 Å². The highest BCUT2D eigenvalue weighted by molar-refractivity contribution is 7.84. The molecule has 284 valence electrons. The highest BCUT2D eigenvalue weighted by atomic mass is 32.2. The van der Waals surface area contributed by atoms with Gasteiger partial charge in [0.1, 0.15) is 5.75 Å². The van der Waals surface area contributed by atoms with Crippen molar-refractivity contribution >= 4 is 16.8 Å².